The van der Waals surface area contributed by atoms with Gasteiger partial charge < -0.3 is 4.74 Å². The van der Waals surface area contributed by atoms with E-state index in [4.69, 9.17) is 16.3 Å². The minimum atomic E-state index is 0.656. The van der Waals surface area contributed by atoms with Gasteiger partial charge in [0.15, 0.2) is 0 Å². The molecule has 0 saturated carbocycles. The van der Waals surface area contributed by atoms with E-state index in [2.05, 4.69) is 0 Å². The molecule has 0 unspecified atom stereocenters. The average molecular weight is 171 g/mol. The van der Waals surface area contributed by atoms with E-state index in [1.54, 1.807) is 0 Å². The second-order valence-corrected chi connectivity index (χ2v) is 2.77. The SMILES string of the molecule is CCOc1cc(C)ccc1Cl. The lowest BCUT2D eigenvalue weighted by molar-refractivity contribution is 0.340. The van der Waals surface area contributed by atoms with Gasteiger partial charge >= 0.3 is 0 Å². The second kappa shape index (κ2) is 3.63. The number of halogens is 1. The topological polar surface area (TPSA) is 9.23 Å². The van der Waals surface area contributed by atoms with E-state index in [1.807, 2.05) is 32.0 Å². The van der Waals surface area contributed by atoms with Crippen LogP contribution in [0.1, 0.15) is 12.5 Å². The predicted molar refractivity (Wildman–Crippen MR) is 47.4 cm³/mol. The monoisotopic (exact) mass is 170 g/mol. The summed E-state index contributed by atoms with van der Waals surface area (Å²) in [6.07, 6.45) is 0. The van der Waals surface area contributed by atoms with Crippen molar-refractivity contribution in [2.45, 2.75) is 13.8 Å². The largest absolute Gasteiger partial charge is 0.492 e. The molecule has 0 aromatic heterocycles. The summed E-state index contributed by atoms with van der Waals surface area (Å²) in [5.41, 5.74) is 1.16. The number of benzene rings is 1. The van der Waals surface area contributed by atoms with Gasteiger partial charge in [-0.1, -0.05) is 17.7 Å². The van der Waals surface area contributed by atoms with Crippen LogP contribution in [0.5, 0.6) is 5.75 Å². The Balaban J connectivity index is 2.93. The Morgan fingerprint density at radius 1 is 1.45 bits per heavy atom. The van der Waals surface area contributed by atoms with Gasteiger partial charge in [-0.3, -0.25) is 0 Å². The molecular formula is C9H11ClO. The number of ether oxygens (including phenoxy) is 1. The van der Waals surface area contributed by atoms with Crippen LogP contribution in [-0.2, 0) is 0 Å². The molecule has 1 aromatic carbocycles. The summed E-state index contributed by atoms with van der Waals surface area (Å²) in [5, 5.41) is 0.678. The van der Waals surface area contributed by atoms with Crippen LogP contribution in [0.15, 0.2) is 18.2 Å². The molecule has 0 saturated heterocycles. The standard InChI is InChI=1S/C9H11ClO/c1-3-11-9-6-7(2)4-5-8(9)10/h4-6H,3H2,1-2H3. The first kappa shape index (κ1) is 8.41. The van der Waals surface area contributed by atoms with Gasteiger partial charge in [-0.15, -0.1) is 0 Å². The van der Waals surface area contributed by atoms with Crippen molar-refractivity contribution in [1.29, 1.82) is 0 Å². The maximum Gasteiger partial charge on any atom is 0.138 e. The molecular weight excluding hydrogens is 160 g/mol. The van der Waals surface area contributed by atoms with Crippen LogP contribution >= 0.6 is 11.6 Å². The zero-order valence-electron chi connectivity index (χ0n) is 6.73. The van der Waals surface area contributed by atoms with Crippen LogP contribution in [0, 0.1) is 6.92 Å². The average Bonchev–Trinajstić information content (AvgIpc) is 1.98. The van der Waals surface area contributed by atoms with Crippen molar-refractivity contribution < 1.29 is 4.74 Å². The van der Waals surface area contributed by atoms with Crippen molar-refractivity contribution >= 4 is 11.6 Å². The van der Waals surface area contributed by atoms with Crippen molar-refractivity contribution in [1.82, 2.24) is 0 Å². The number of rotatable bonds is 2. The lowest BCUT2D eigenvalue weighted by atomic mass is 10.2. The maximum atomic E-state index is 5.85. The summed E-state index contributed by atoms with van der Waals surface area (Å²) < 4.78 is 5.29. The van der Waals surface area contributed by atoms with E-state index in [0.717, 1.165) is 11.3 Å². The normalized spacial score (nSPS) is 9.73. The highest BCUT2D eigenvalue weighted by Crippen LogP contribution is 2.24. The predicted octanol–water partition coefficient (Wildman–Crippen LogP) is 3.05. The lowest BCUT2D eigenvalue weighted by Gasteiger charge is -2.05. The van der Waals surface area contributed by atoms with Gasteiger partial charge in [0.2, 0.25) is 0 Å². The Labute approximate surface area is 71.9 Å². The molecule has 0 heterocycles. The van der Waals surface area contributed by atoms with Crippen molar-refractivity contribution in [3.63, 3.8) is 0 Å². The zero-order valence-corrected chi connectivity index (χ0v) is 7.48. The van der Waals surface area contributed by atoms with Crippen molar-refractivity contribution in [3.8, 4) is 5.75 Å². The Kier molecular flexibility index (Phi) is 2.77. The molecule has 1 nitrogen and oxygen atoms in total. The fourth-order valence-corrected chi connectivity index (χ4v) is 1.05. The minimum absolute atomic E-state index is 0.656. The molecule has 0 fully saturated rings. The molecule has 0 bridgehead atoms. The molecule has 0 amide bonds. The lowest BCUT2D eigenvalue weighted by Crippen LogP contribution is -1.92. The Hall–Kier alpha value is -0.690. The van der Waals surface area contributed by atoms with Crippen LogP contribution in [-0.4, -0.2) is 6.61 Å². The van der Waals surface area contributed by atoms with Crippen LogP contribution in [0.3, 0.4) is 0 Å². The van der Waals surface area contributed by atoms with E-state index in [9.17, 15) is 0 Å². The summed E-state index contributed by atoms with van der Waals surface area (Å²) >= 11 is 5.85. The molecule has 2 heteroatoms. The van der Waals surface area contributed by atoms with Gasteiger partial charge in [-0.05, 0) is 31.5 Å². The zero-order chi connectivity index (χ0) is 8.27. The van der Waals surface area contributed by atoms with E-state index in [-0.39, 0.29) is 0 Å². The fraction of sp³-hybridized carbons (Fsp3) is 0.333. The van der Waals surface area contributed by atoms with Crippen LogP contribution in [0.2, 0.25) is 5.02 Å². The Bertz CT molecular complexity index is 245. The van der Waals surface area contributed by atoms with Crippen molar-refractivity contribution in [2.75, 3.05) is 6.61 Å². The summed E-state index contributed by atoms with van der Waals surface area (Å²) in [5.74, 6) is 0.772. The molecule has 0 atom stereocenters. The van der Waals surface area contributed by atoms with Gasteiger partial charge in [0.1, 0.15) is 5.75 Å². The molecule has 0 aliphatic rings. The molecule has 0 aliphatic heterocycles. The molecule has 60 valence electrons. The fourth-order valence-electron chi connectivity index (χ4n) is 0.877. The highest BCUT2D eigenvalue weighted by Gasteiger charge is 1.98. The third-order valence-electron chi connectivity index (χ3n) is 1.39. The van der Waals surface area contributed by atoms with Gasteiger partial charge in [-0.2, -0.15) is 0 Å². The van der Waals surface area contributed by atoms with Crippen molar-refractivity contribution in [2.24, 2.45) is 0 Å². The number of hydrogen-bond acceptors (Lipinski definition) is 1. The molecule has 0 radical (unpaired) electrons. The highest BCUT2D eigenvalue weighted by atomic mass is 35.5. The van der Waals surface area contributed by atoms with Crippen LogP contribution < -0.4 is 4.74 Å². The van der Waals surface area contributed by atoms with Gasteiger partial charge in [-0.25, -0.2) is 0 Å². The molecule has 11 heavy (non-hydrogen) atoms. The summed E-state index contributed by atoms with van der Waals surface area (Å²) in [4.78, 5) is 0. The molecule has 0 spiro atoms. The quantitative estimate of drug-likeness (QED) is 0.663. The van der Waals surface area contributed by atoms with Crippen LogP contribution in [0.4, 0.5) is 0 Å². The molecule has 0 N–H and O–H groups in total. The number of hydrogen-bond donors (Lipinski definition) is 0. The first-order chi connectivity index (χ1) is 5.24. The second-order valence-electron chi connectivity index (χ2n) is 2.37. The third kappa shape index (κ3) is 2.12. The van der Waals surface area contributed by atoms with Crippen LogP contribution in [0.25, 0.3) is 0 Å². The molecule has 1 aromatic rings. The number of aryl methyl sites for hydroxylation is 1. The van der Waals surface area contributed by atoms with E-state index >= 15 is 0 Å². The Morgan fingerprint density at radius 2 is 2.18 bits per heavy atom. The Morgan fingerprint density at radius 3 is 2.82 bits per heavy atom. The van der Waals surface area contributed by atoms with E-state index < -0.39 is 0 Å². The minimum Gasteiger partial charge on any atom is -0.492 e. The summed E-state index contributed by atoms with van der Waals surface area (Å²) in [6, 6.07) is 5.75. The van der Waals surface area contributed by atoms with E-state index in [1.165, 1.54) is 0 Å². The van der Waals surface area contributed by atoms with E-state index in [0.29, 0.717) is 11.6 Å². The molecule has 1 rings (SSSR count). The van der Waals surface area contributed by atoms with Gasteiger partial charge in [0.05, 0.1) is 11.6 Å². The first-order valence-corrected chi connectivity index (χ1v) is 4.00. The molecule has 0 aliphatic carbocycles. The first-order valence-electron chi connectivity index (χ1n) is 3.63. The third-order valence-corrected chi connectivity index (χ3v) is 1.70. The summed E-state index contributed by atoms with van der Waals surface area (Å²) in [7, 11) is 0. The summed E-state index contributed by atoms with van der Waals surface area (Å²) in [6.45, 7) is 4.61. The van der Waals surface area contributed by atoms with Gasteiger partial charge in [0, 0.05) is 0 Å². The smallest absolute Gasteiger partial charge is 0.138 e. The maximum absolute atomic E-state index is 5.85. The van der Waals surface area contributed by atoms with Crippen molar-refractivity contribution in [3.05, 3.63) is 28.8 Å². The van der Waals surface area contributed by atoms with Gasteiger partial charge in [0.25, 0.3) is 0 Å². The highest BCUT2D eigenvalue weighted by molar-refractivity contribution is 6.32.